The lowest BCUT2D eigenvalue weighted by Crippen LogP contribution is -2.22. The third-order valence-electron chi connectivity index (χ3n) is 3.32. The van der Waals surface area contributed by atoms with Crippen LogP contribution in [0.4, 0.5) is 13.2 Å². The maximum Gasteiger partial charge on any atom is 0.416 e. The second kappa shape index (κ2) is 7.86. The van der Waals surface area contributed by atoms with Crippen molar-refractivity contribution in [3.63, 3.8) is 0 Å². The van der Waals surface area contributed by atoms with E-state index in [0.717, 1.165) is 29.9 Å². The first kappa shape index (κ1) is 17.8. The van der Waals surface area contributed by atoms with E-state index in [1.165, 1.54) is 12.1 Å². The molecule has 0 heterocycles. The van der Waals surface area contributed by atoms with Crippen molar-refractivity contribution < 1.29 is 22.7 Å². The second-order valence-electron chi connectivity index (χ2n) is 5.25. The van der Waals surface area contributed by atoms with Crippen molar-refractivity contribution >= 4 is 5.91 Å². The van der Waals surface area contributed by atoms with Crippen LogP contribution in [0.2, 0.25) is 0 Å². The first-order valence-corrected chi connectivity index (χ1v) is 7.57. The topological polar surface area (TPSA) is 38.3 Å². The van der Waals surface area contributed by atoms with Gasteiger partial charge < -0.3 is 10.1 Å². The highest BCUT2D eigenvalue weighted by atomic mass is 19.4. The van der Waals surface area contributed by atoms with E-state index in [0.29, 0.717) is 6.61 Å². The average Bonchev–Trinajstić information content (AvgIpc) is 2.58. The van der Waals surface area contributed by atoms with Crippen molar-refractivity contribution in [2.24, 2.45) is 0 Å². The quantitative estimate of drug-likeness (QED) is 0.847. The molecule has 0 aromatic heterocycles. The van der Waals surface area contributed by atoms with Crippen LogP contribution in [0.3, 0.4) is 0 Å². The van der Waals surface area contributed by atoms with E-state index in [-0.39, 0.29) is 12.1 Å². The first-order chi connectivity index (χ1) is 11.4. The van der Waals surface area contributed by atoms with Crippen LogP contribution < -0.4 is 10.1 Å². The molecule has 6 heteroatoms. The van der Waals surface area contributed by atoms with Crippen LogP contribution >= 0.6 is 0 Å². The molecule has 1 N–H and O–H groups in total. The summed E-state index contributed by atoms with van der Waals surface area (Å²) in [6.07, 6.45) is -3.48. The van der Waals surface area contributed by atoms with E-state index in [9.17, 15) is 18.0 Å². The molecule has 24 heavy (non-hydrogen) atoms. The number of amides is 1. The van der Waals surface area contributed by atoms with Gasteiger partial charge in [-0.2, -0.15) is 13.2 Å². The molecule has 0 aliphatic carbocycles. The summed E-state index contributed by atoms with van der Waals surface area (Å²) < 4.78 is 42.9. The summed E-state index contributed by atoms with van der Waals surface area (Å²) >= 11 is 0. The van der Waals surface area contributed by atoms with Gasteiger partial charge in [0.1, 0.15) is 5.75 Å². The Labute approximate surface area is 138 Å². The van der Waals surface area contributed by atoms with Crippen molar-refractivity contribution in [2.45, 2.75) is 26.1 Å². The van der Waals surface area contributed by atoms with E-state index in [4.69, 9.17) is 4.74 Å². The Morgan fingerprint density at radius 2 is 1.67 bits per heavy atom. The number of hydrogen-bond acceptors (Lipinski definition) is 2. The van der Waals surface area contributed by atoms with Gasteiger partial charge in [0.05, 0.1) is 12.2 Å². The van der Waals surface area contributed by atoms with Gasteiger partial charge in [0, 0.05) is 12.1 Å². The fourth-order valence-electron chi connectivity index (χ4n) is 2.02. The fraction of sp³-hybridized carbons (Fsp3) is 0.278. The predicted molar refractivity (Wildman–Crippen MR) is 84.8 cm³/mol. The Hall–Kier alpha value is -2.50. The zero-order chi connectivity index (χ0) is 17.6. The number of benzene rings is 2. The SMILES string of the molecule is CCCOc1ccc(CNC(=O)c2ccc(C(F)(F)F)cc2)cc1. The Morgan fingerprint density at radius 3 is 2.21 bits per heavy atom. The Morgan fingerprint density at radius 1 is 1.04 bits per heavy atom. The minimum atomic E-state index is -4.41. The van der Waals surface area contributed by atoms with Gasteiger partial charge >= 0.3 is 6.18 Å². The third-order valence-corrected chi connectivity index (χ3v) is 3.32. The van der Waals surface area contributed by atoms with Gasteiger partial charge in [0.2, 0.25) is 0 Å². The van der Waals surface area contributed by atoms with Gasteiger partial charge in [-0.25, -0.2) is 0 Å². The fourth-order valence-corrected chi connectivity index (χ4v) is 2.02. The normalized spacial score (nSPS) is 11.2. The molecule has 0 radical (unpaired) electrons. The number of nitrogens with one attached hydrogen (secondary N) is 1. The zero-order valence-electron chi connectivity index (χ0n) is 13.2. The van der Waals surface area contributed by atoms with Crippen LogP contribution in [-0.4, -0.2) is 12.5 Å². The van der Waals surface area contributed by atoms with Crippen molar-refractivity contribution in [3.8, 4) is 5.75 Å². The summed E-state index contributed by atoms with van der Waals surface area (Å²) in [5, 5.41) is 2.68. The third kappa shape index (κ3) is 5.01. The maximum atomic E-state index is 12.5. The van der Waals surface area contributed by atoms with Crippen LogP contribution in [0.15, 0.2) is 48.5 Å². The van der Waals surface area contributed by atoms with Gasteiger partial charge in [0.25, 0.3) is 5.91 Å². The summed E-state index contributed by atoms with van der Waals surface area (Å²) in [6, 6.07) is 11.4. The van der Waals surface area contributed by atoms with E-state index >= 15 is 0 Å². The average molecular weight is 337 g/mol. The van der Waals surface area contributed by atoms with Crippen LogP contribution in [0.5, 0.6) is 5.75 Å². The summed E-state index contributed by atoms with van der Waals surface area (Å²) in [5.74, 6) is 0.338. The lowest BCUT2D eigenvalue weighted by molar-refractivity contribution is -0.137. The molecule has 0 spiro atoms. The van der Waals surface area contributed by atoms with Gasteiger partial charge in [-0.3, -0.25) is 4.79 Å². The zero-order valence-corrected chi connectivity index (χ0v) is 13.2. The summed E-state index contributed by atoms with van der Waals surface area (Å²) in [4.78, 5) is 12.0. The molecule has 0 aliphatic heterocycles. The molecule has 1 amide bonds. The minimum Gasteiger partial charge on any atom is -0.494 e. The predicted octanol–water partition coefficient (Wildman–Crippen LogP) is 4.42. The van der Waals surface area contributed by atoms with E-state index in [1.807, 2.05) is 31.2 Å². The van der Waals surface area contributed by atoms with Crippen molar-refractivity contribution in [1.29, 1.82) is 0 Å². The van der Waals surface area contributed by atoms with Crippen LogP contribution in [-0.2, 0) is 12.7 Å². The second-order valence-corrected chi connectivity index (χ2v) is 5.25. The Kier molecular flexibility index (Phi) is 5.84. The molecule has 0 bridgehead atoms. The van der Waals surface area contributed by atoms with Crippen LogP contribution in [0.25, 0.3) is 0 Å². The molecular formula is C18H18F3NO2. The molecule has 0 fully saturated rings. The first-order valence-electron chi connectivity index (χ1n) is 7.57. The molecule has 0 saturated carbocycles. The largest absolute Gasteiger partial charge is 0.494 e. The number of carbonyl (C=O) groups excluding carboxylic acids is 1. The van der Waals surface area contributed by atoms with Crippen molar-refractivity contribution in [1.82, 2.24) is 5.32 Å². The number of carbonyl (C=O) groups is 1. The highest BCUT2D eigenvalue weighted by Gasteiger charge is 2.30. The molecule has 2 rings (SSSR count). The standard InChI is InChI=1S/C18H18F3NO2/c1-2-11-24-16-9-3-13(4-10-16)12-22-17(23)14-5-7-15(8-6-14)18(19,20)21/h3-10H,2,11-12H2,1H3,(H,22,23). The maximum absolute atomic E-state index is 12.5. The Bertz CT molecular complexity index is 664. The molecular weight excluding hydrogens is 319 g/mol. The molecule has 2 aromatic carbocycles. The summed E-state index contributed by atoms with van der Waals surface area (Å²) in [7, 11) is 0. The molecule has 0 saturated heterocycles. The van der Waals surface area contributed by atoms with Gasteiger partial charge in [-0.15, -0.1) is 0 Å². The lowest BCUT2D eigenvalue weighted by atomic mass is 10.1. The van der Waals surface area contributed by atoms with Crippen molar-refractivity contribution in [3.05, 3.63) is 65.2 Å². The smallest absolute Gasteiger partial charge is 0.416 e. The summed E-state index contributed by atoms with van der Waals surface area (Å²) in [6.45, 7) is 2.95. The number of hydrogen-bond donors (Lipinski definition) is 1. The highest BCUT2D eigenvalue weighted by Crippen LogP contribution is 2.29. The number of halogens is 3. The Balaban J connectivity index is 1.90. The van der Waals surface area contributed by atoms with Gasteiger partial charge in [-0.05, 0) is 48.4 Å². The molecule has 0 aliphatic rings. The molecule has 0 atom stereocenters. The molecule has 128 valence electrons. The monoisotopic (exact) mass is 337 g/mol. The lowest BCUT2D eigenvalue weighted by Gasteiger charge is -2.09. The van der Waals surface area contributed by atoms with Crippen LogP contribution in [0.1, 0.15) is 34.8 Å². The molecule has 0 unspecified atom stereocenters. The van der Waals surface area contributed by atoms with E-state index in [1.54, 1.807) is 0 Å². The number of alkyl halides is 3. The van der Waals surface area contributed by atoms with E-state index < -0.39 is 17.6 Å². The molecule has 3 nitrogen and oxygen atoms in total. The minimum absolute atomic E-state index is 0.186. The van der Waals surface area contributed by atoms with Gasteiger partial charge in [0.15, 0.2) is 0 Å². The summed E-state index contributed by atoms with van der Waals surface area (Å²) in [5.41, 5.74) is 0.284. The van der Waals surface area contributed by atoms with Crippen molar-refractivity contribution in [2.75, 3.05) is 6.61 Å². The van der Waals surface area contributed by atoms with Crippen LogP contribution in [0, 0.1) is 0 Å². The number of rotatable bonds is 6. The number of ether oxygens (including phenoxy) is 1. The highest BCUT2D eigenvalue weighted by molar-refractivity contribution is 5.94. The van der Waals surface area contributed by atoms with Gasteiger partial charge in [-0.1, -0.05) is 19.1 Å². The van der Waals surface area contributed by atoms with E-state index in [2.05, 4.69) is 5.32 Å². The molecule has 2 aromatic rings.